The molecule has 0 spiro atoms. The number of nitrogens with one attached hydrogen (secondary N) is 1. The first-order valence-corrected chi connectivity index (χ1v) is 10.5. The number of benzene rings is 2. The van der Waals surface area contributed by atoms with E-state index in [0.29, 0.717) is 41.1 Å². The molecular weight excluding hydrogens is 410 g/mol. The van der Waals surface area contributed by atoms with Gasteiger partial charge in [0.2, 0.25) is 11.8 Å². The average Bonchev–Trinajstić information content (AvgIpc) is 2.99. The molecule has 1 saturated heterocycles. The molecule has 3 rings (SSSR count). The van der Waals surface area contributed by atoms with Crippen molar-refractivity contribution in [3.8, 4) is 0 Å². The molecule has 2 aromatic rings. The predicted octanol–water partition coefficient (Wildman–Crippen LogP) is 4.34. The fourth-order valence-electron chi connectivity index (χ4n) is 2.83. The minimum atomic E-state index is -0.507. The first-order chi connectivity index (χ1) is 14.1. The SMILES string of the molecule is COCCCN1C(=O)[C@@H](CC(=O)Nc2ccccc2)SC1=Nc1ccc(Cl)cc1. The van der Waals surface area contributed by atoms with Gasteiger partial charge in [-0.05, 0) is 42.8 Å². The summed E-state index contributed by atoms with van der Waals surface area (Å²) in [6.07, 6.45) is 0.768. The highest BCUT2D eigenvalue weighted by Crippen LogP contribution is 2.32. The summed E-state index contributed by atoms with van der Waals surface area (Å²) in [4.78, 5) is 31.6. The zero-order valence-electron chi connectivity index (χ0n) is 16.0. The van der Waals surface area contributed by atoms with Crippen molar-refractivity contribution in [1.82, 2.24) is 4.90 Å². The molecule has 1 aliphatic rings. The van der Waals surface area contributed by atoms with Crippen LogP contribution in [0.25, 0.3) is 0 Å². The number of carbonyl (C=O) groups is 2. The lowest BCUT2D eigenvalue weighted by molar-refractivity contribution is -0.128. The van der Waals surface area contributed by atoms with Gasteiger partial charge in [-0.2, -0.15) is 0 Å². The summed E-state index contributed by atoms with van der Waals surface area (Å²) in [5.41, 5.74) is 1.41. The molecule has 1 aliphatic heterocycles. The molecule has 0 radical (unpaired) electrons. The number of halogens is 1. The number of thioether (sulfide) groups is 1. The maximum Gasteiger partial charge on any atom is 0.242 e. The lowest BCUT2D eigenvalue weighted by Crippen LogP contribution is -2.34. The summed E-state index contributed by atoms with van der Waals surface area (Å²) >= 11 is 7.25. The second kappa shape index (κ2) is 10.4. The summed E-state index contributed by atoms with van der Waals surface area (Å²) in [6, 6.07) is 16.3. The molecule has 1 heterocycles. The third kappa shape index (κ3) is 6.06. The number of nitrogens with zero attached hydrogens (tertiary/aromatic N) is 2. The van der Waals surface area contributed by atoms with E-state index in [-0.39, 0.29) is 18.2 Å². The Morgan fingerprint density at radius 3 is 2.62 bits per heavy atom. The third-order valence-corrected chi connectivity index (χ3v) is 5.66. The number of amides is 2. The van der Waals surface area contributed by atoms with Crippen LogP contribution < -0.4 is 5.32 Å². The number of rotatable bonds is 8. The van der Waals surface area contributed by atoms with Gasteiger partial charge in [0.1, 0.15) is 5.25 Å². The Morgan fingerprint density at radius 2 is 1.93 bits per heavy atom. The summed E-state index contributed by atoms with van der Waals surface area (Å²) in [7, 11) is 1.62. The minimum Gasteiger partial charge on any atom is -0.385 e. The van der Waals surface area contributed by atoms with Crippen LogP contribution in [0.4, 0.5) is 11.4 Å². The predicted molar refractivity (Wildman–Crippen MR) is 118 cm³/mol. The van der Waals surface area contributed by atoms with Crippen molar-refractivity contribution in [2.75, 3.05) is 25.6 Å². The Hall–Kier alpha value is -2.35. The van der Waals surface area contributed by atoms with E-state index in [1.165, 1.54) is 11.8 Å². The minimum absolute atomic E-state index is 0.0822. The van der Waals surface area contributed by atoms with Crippen LogP contribution >= 0.6 is 23.4 Å². The lowest BCUT2D eigenvalue weighted by atomic mass is 10.2. The second-order valence-corrected chi connectivity index (χ2v) is 8.04. The summed E-state index contributed by atoms with van der Waals surface area (Å²) in [6.45, 7) is 1.03. The normalized spacial score (nSPS) is 17.7. The Labute approximate surface area is 179 Å². The number of hydrogen-bond acceptors (Lipinski definition) is 5. The largest absolute Gasteiger partial charge is 0.385 e. The van der Waals surface area contributed by atoms with Crippen molar-refractivity contribution < 1.29 is 14.3 Å². The Kier molecular flexibility index (Phi) is 7.69. The van der Waals surface area contributed by atoms with Crippen LogP contribution in [0.5, 0.6) is 0 Å². The van der Waals surface area contributed by atoms with Gasteiger partial charge in [-0.1, -0.05) is 41.6 Å². The zero-order chi connectivity index (χ0) is 20.6. The number of para-hydroxylation sites is 1. The Bertz CT molecular complexity index is 874. The number of methoxy groups -OCH3 is 1. The van der Waals surface area contributed by atoms with Crippen LogP contribution in [0, 0.1) is 0 Å². The Balaban J connectivity index is 1.72. The van der Waals surface area contributed by atoms with Gasteiger partial charge < -0.3 is 10.1 Å². The number of ether oxygens (including phenoxy) is 1. The second-order valence-electron chi connectivity index (χ2n) is 6.43. The first-order valence-electron chi connectivity index (χ1n) is 9.23. The molecule has 8 heteroatoms. The molecule has 0 unspecified atom stereocenters. The van der Waals surface area contributed by atoms with Gasteiger partial charge in [-0.3, -0.25) is 14.5 Å². The van der Waals surface area contributed by atoms with Crippen LogP contribution in [0.2, 0.25) is 5.02 Å². The van der Waals surface area contributed by atoms with E-state index in [0.717, 1.165) is 0 Å². The molecule has 0 saturated carbocycles. The average molecular weight is 432 g/mol. The summed E-state index contributed by atoms with van der Waals surface area (Å²) in [5, 5.41) is 3.53. The van der Waals surface area contributed by atoms with Crippen LogP contribution in [0.1, 0.15) is 12.8 Å². The van der Waals surface area contributed by atoms with Gasteiger partial charge in [0.15, 0.2) is 5.17 Å². The summed E-state index contributed by atoms with van der Waals surface area (Å²) < 4.78 is 5.10. The number of aliphatic imine (C=N–C) groups is 1. The number of amidine groups is 1. The molecule has 29 heavy (non-hydrogen) atoms. The fourth-order valence-corrected chi connectivity index (χ4v) is 4.14. The highest BCUT2D eigenvalue weighted by Gasteiger charge is 2.38. The van der Waals surface area contributed by atoms with E-state index in [4.69, 9.17) is 16.3 Å². The van der Waals surface area contributed by atoms with Gasteiger partial charge in [-0.15, -0.1) is 0 Å². The monoisotopic (exact) mass is 431 g/mol. The van der Waals surface area contributed by atoms with E-state index in [9.17, 15) is 9.59 Å². The molecular formula is C21H22ClN3O3S. The van der Waals surface area contributed by atoms with Gasteiger partial charge in [0, 0.05) is 37.4 Å². The fraction of sp³-hybridized carbons (Fsp3) is 0.286. The first kappa shape index (κ1) is 21.4. The zero-order valence-corrected chi connectivity index (χ0v) is 17.6. The molecule has 0 aliphatic carbocycles. The standard InChI is InChI=1S/C21H22ClN3O3S/c1-28-13-5-12-25-20(27)18(14-19(26)23-16-6-3-2-4-7-16)29-21(25)24-17-10-8-15(22)9-11-17/h2-4,6-11,18H,5,12-14H2,1H3,(H,23,26)/t18-/m1/s1. The topological polar surface area (TPSA) is 71.0 Å². The molecule has 0 bridgehead atoms. The maximum absolute atomic E-state index is 12.9. The van der Waals surface area contributed by atoms with Crippen LogP contribution in [0.3, 0.4) is 0 Å². The van der Waals surface area contributed by atoms with Crippen molar-refractivity contribution in [2.45, 2.75) is 18.1 Å². The maximum atomic E-state index is 12.9. The molecule has 152 valence electrons. The number of hydrogen-bond donors (Lipinski definition) is 1. The molecule has 6 nitrogen and oxygen atoms in total. The molecule has 1 fully saturated rings. The van der Waals surface area contributed by atoms with Crippen LogP contribution in [-0.2, 0) is 14.3 Å². The van der Waals surface area contributed by atoms with Crippen molar-refractivity contribution in [3.63, 3.8) is 0 Å². The highest BCUT2D eigenvalue weighted by molar-refractivity contribution is 8.15. The smallest absolute Gasteiger partial charge is 0.242 e. The van der Waals surface area contributed by atoms with E-state index in [1.807, 2.05) is 30.3 Å². The molecule has 1 N–H and O–H groups in total. The third-order valence-electron chi connectivity index (χ3n) is 4.23. The molecule has 2 amide bonds. The van der Waals surface area contributed by atoms with Gasteiger partial charge in [0.05, 0.1) is 5.69 Å². The quantitative estimate of drug-likeness (QED) is 0.631. The van der Waals surface area contributed by atoms with E-state index < -0.39 is 5.25 Å². The van der Waals surface area contributed by atoms with E-state index >= 15 is 0 Å². The molecule has 1 atom stereocenters. The van der Waals surface area contributed by atoms with Gasteiger partial charge in [0.25, 0.3) is 0 Å². The van der Waals surface area contributed by atoms with E-state index in [2.05, 4.69) is 10.3 Å². The molecule has 2 aromatic carbocycles. The Morgan fingerprint density at radius 1 is 1.21 bits per heavy atom. The van der Waals surface area contributed by atoms with Crippen molar-refractivity contribution >= 4 is 51.7 Å². The van der Waals surface area contributed by atoms with E-state index in [1.54, 1.807) is 36.3 Å². The van der Waals surface area contributed by atoms with Crippen molar-refractivity contribution in [3.05, 3.63) is 59.6 Å². The summed E-state index contributed by atoms with van der Waals surface area (Å²) in [5.74, 6) is -0.311. The number of carbonyl (C=O) groups excluding carboxylic acids is 2. The van der Waals surface area contributed by atoms with Gasteiger partial charge >= 0.3 is 0 Å². The highest BCUT2D eigenvalue weighted by atomic mass is 35.5. The van der Waals surface area contributed by atoms with Crippen LogP contribution in [0.15, 0.2) is 59.6 Å². The van der Waals surface area contributed by atoms with Crippen LogP contribution in [-0.4, -0.2) is 47.4 Å². The lowest BCUT2D eigenvalue weighted by Gasteiger charge is -2.16. The molecule has 0 aromatic heterocycles. The van der Waals surface area contributed by atoms with Crippen molar-refractivity contribution in [1.29, 1.82) is 0 Å². The number of anilines is 1. The van der Waals surface area contributed by atoms with Crippen molar-refractivity contribution in [2.24, 2.45) is 4.99 Å². The van der Waals surface area contributed by atoms with Gasteiger partial charge in [-0.25, -0.2) is 4.99 Å².